The second kappa shape index (κ2) is 11.9. The predicted octanol–water partition coefficient (Wildman–Crippen LogP) is 5.86. The van der Waals surface area contributed by atoms with E-state index >= 15 is 0 Å². The molecule has 5 nitrogen and oxygen atoms in total. The Morgan fingerprint density at radius 3 is 2.81 bits per heavy atom. The number of hydrogen-bond donors (Lipinski definition) is 1. The van der Waals surface area contributed by atoms with Crippen molar-refractivity contribution in [2.45, 2.75) is 44.6 Å². The summed E-state index contributed by atoms with van der Waals surface area (Å²) in [4.78, 5) is 4.09. The van der Waals surface area contributed by atoms with Crippen LogP contribution >= 0.6 is 24.8 Å². The van der Waals surface area contributed by atoms with Crippen LogP contribution in [0, 0.1) is 11.3 Å². The minimum atomic E-state index is 0. The molecule has 1 aromatic heterocycles. The fourth-order valence-corrected chi connectivity index (χ4v) is 4.33. The highest BCUT2D eigenvalue weighted by atomic mass is 35.5. The van der Waals surface area contributed by atoms with Crippen LogP contribution in [0.2, 0.25) is 0 Å². The fraction of sp³-hybridized carbons (Fsp3) is 0.360. The van der Waals surface area contributed by atoms with Crippen molar-refractivity contribution in [3.05, 3.63) is 77.9 Å². The first kappa shape index (κ1) is 25.7. The number of nitriles is 1. The number of hydrogen-bond acceptors (Lipinski definition) is 4. The minimum Gasteiger partial charge on any atom is -0.456 e. The molecule has 32 heavy (non-hydrogen) atoms. The Hall–Kier alpha value is -2.52. The number of aromatic nitrogens is 2. The highest BCUT2D eigenvalue weighted by Crippen LogP contribution is 2.37. The zero-order valence-corrected chi connectivity index (χ0v) is 19.9. The summed E-state index contributed by atoms with van der Waals surface area (Å²) in [5.41, 5.74) is 3.05. The van der Waals surface area contributed by atoms with E-state index in [0.29, 0.717) is 17.9 Å². The van der Waals surface area contributed by atoms with E-state index in [1.807, 2.05) is 35.0 Å². The Kier molecular flexibility index (Phi) is 9.59. The summed E-state index contributed by atoms with van der Waals surface area (Å²) < 4.78 is 8.24. The molecule has 0 radical (unpaired) electrons. The van der Waals surface area contributed by atoms with Gasteiger partial charge in [-0.05, 0) is 61.2 Å². The van der Waals surface area contributed by atoms with Crippen molar-refractivity contribution >= 4 is 24.8 Å². The third-order valence-electron chi connectivity index (χ3n) is 6.16. The third kappa shape index (κ3) is 5.83. The van der Waals surface area contributed by atoms with E-state index in [0.717, 1.165) is 30.8 Å². The quantitative estimate of drug-likeness (QED) is 0.487. The van der Waals surface area contributed by atoms with Crippen LogP contribution in [0.25, 0.3) is 0 Å². The van der Waals surface area contributed by atoms with Gasteiger partial charge in [-0.15, -0.1) is 24.8 Å². The molecule has 1 aliphatic heterocycles. The number of nitrogens with zero attached hydrogens (tertiary/aromatic N) is 3. The molecule has 0 spiro atoms. The van der Waals surface area contributed by atoms with Crippen molar-refractivity contribution in [1.82, 2.24) is 14.9 Å². The Labute approximate surface area is 202 Å². The molecule has 2 aromatic carbocycles. The maximum Gasteiger partial charge on any atom is 0.145 e. The van der Waals surface area contributed by atoms with Gasteiger partial charge >= 0.3 is 0 Å². The van der Waals surface area contributed by atoms with Crippen LogP contribution in [0.1, 0.15) is 49.3 Å². The van der Waals surface area contributed by atoms with Crippen molar-refractivity contribution in [2.24, 2.45) is 0 Å². The Morgan fingerprint density at radius 1 is 1.19 bits per heavy atom. The number of rotatable bonds is 6. The van der Waals surface area contributed by atoms with Gasteiger partial charge in [0.05, 0.1) is 11.9 Å². The zero-order valence-electron chi connectivity index (χ0n) is 18.3. The monoisotopic (exact) mass is 472 g/mol. The number of benzene rings is 2. The smallest absolute Gasteiger partial charge is 0.145 e. The lowest BCUT2D eigenvalue weighted by atomic mass is 9.74. The summed E-state index contributed by atoms with van der Waals surface area (Å²) >= 11 is 0. The molecule has 4 rings (SSSR count). The lowest BCUT2D eigenvalue weighted by Gasteiger charge is -2.32. The van der Waals surface area contributed by atoms with Crippen LogP contribution < -0.4 is 10.1 Å². The molecule has 0 saturated carbocycles. The van der Waals surface area contributed by atoms with E-state index in [1.54, 1.807) is 12.5 Å². The summed E-state index contributed by atoms with van der Waals surface area (Å²) in [7, 11) is 0. The van der Waals surface area contributed by atoms with E-state index in [2.05, 4.69) is 41.5 Å². The summed E-state index contributed by atoms with van der Waals surface area (Å²) in [6, 6.07) is 16.4. The van der Waals surface area contributed by atoms with E-state index < -0.39 is 0 Å². The van der Waals surface area contributed by atoms with Crippen molar-refractivity contribution in [2.75, 3.05) is 13.1 Å². The van der Waals surface area contributed by atoms with Crippen molar-refractivity contribution in [3.63, 3.8) is 0 Å². The molecule has 7 heteroatoms. The number of ether oxygens (including phenoxy) is 1. The molecular weight excluding hydrogens is 443 g/mol. The van der Waals surface area contributed by atoms with Crippen molar-refractivity contribution in [3.8, 4) is 17.6 Å². The molecule has 3 aromatic rings. The first-order valence-corrected chi connectivity index (χ1v) is 10.7. The first-order valence-electron chi connectivity index (χ1n) is 10.7. The molecule has 170 valence electrons. The van der Waals surface area contributed by atoms with Gasteiger partial charge in [-0.2, -0.15) is 5.26 Å². The van der Waals surface area contributed by atoms with Gasteiger partial charge < -0.3 is 14.6 Å². The van der Waals surface area contributed by atoms with Gasteiger partial charge in [0.1, 0.15) is 17.6 Å². The Bertz CT molecular complexity index is 1020. The highest BCUT2D eigenvalue weighted by Gasteiger charge is 2.31. The zero-order chi connectivity index (χ0) is 20.8. The largest absolute Gasteiger partial charge is 0.456 e. The summed E-state index contributed by atoms with van der Waals surface area (Å²) in [5.74, 6) is 1.37. The van der Waals surface area contributed by atoms with Gasteiger partial charge in [0.15, 0.2) is 0 Å². The van der Waals surface area contributed by atoms with Crippen LogP contribution in [0.15, 0.2) is 61.2 Å². The number of imidazole rings is 1. The predicted molar refractivity (Wildman–Crippen MR) is 132 cm³/mol. The molecule has 1 saturated heterocycles. The average Bonchev–Trinajstić information content (AvgIpc) is 3.16. The standard InChI is InChI=1S/C25H28N4O.2ClH/c1-2-25(10-3-4-11-27-18-25)22-6-5-7-23(15-22)30-24-14-20(8-9-21(24)16-26)17-29-13-12-28-19-29;;/h5-9,12-15,19,27H,2-4,10-11,17-18H2,1H3;2*1H. The second-order valence-corrected chi connectivity index (χ2v) is 8.07. The molecular formula is C25H30Cl2N4O. The van der Waals surface area contributed by atoms with E-state index in [4.69, 9.17) is 4.74 Å². The van der Waals surface area contributed by atoms with Gasteiger partial charge in [0.2, 0.25) is 0 Å². The topological polar surface area (TPSA) is 62.9 Å². The van der Waals surface area contributed by atoms with Crippen LogP contribution in [-0.4, -0.2) is 22.6 Å². The summed E-state index contributed by atoms with van der Waals surface area (Å²) in [6.45, 7) is 5.05. The lowest BCUT2D eigenvalue weighted by Crippen LogP contribution is -2.36. The maximum atomic E-state index is 9.56. The van der Waals surface area contributed by atoms with E-state index in [1.165, 1.54) is 24.8 Å². The van der Waals surface area contributed by atoms with Gasteiger partial charge in [-0.25, -0.2) is 4.98 Å². The maximum absolute atomic E-state index is 9.56. The molecule has 0 aliphatic carbocycles. The third-order valence-corrected chi connectivity index (χ3v) is 6.16. The van der Waals surface area contributed by atoms with Gasteiger partial charge in [0, 0.05) is 30.9 Å². The lowest BCUT2D eigenvalue weighted by molar-refractivity contribution is 0.374. The molecule has 1 atom stereocenters. The Balaban J connectivity index is 0.00000181. The number of halogens is 2. The molecule has 2 heterocycles. The molecule has 1 fully saturated rings. The number of nitrogens with one attached hydrogen (secondary N) is 1. The van der Waals surface area contributed by atoms with Gasteiger partial charge in [-0.1, -0.05) is 31.5 Å². The molecule has 1 N–H and O–H groups in total. The second-order valence-electron chi connectivity index (χ2n) is 8.07. The molecule has 0 amide bonds. The van der Waals surface area contributed by atoms with Gasteiger partial charge in [-0.3, -0.25) is 0 Å². The van der Waals surface area contributed by atoms with E-state index in [9.17, 15) is 5.26 Å². The van der Waals surface area contributed by atoms with Crippen molar-refractivity contribution in [1.29, 1.82) is 5.26 Å². The fourth-order valence-electron chi connectivity index (χ4n) is 4.33. The molecule has 1 unspecified atom stereocenters. The van der Waals surface area contributed by atoms with Crippen LogP contribution in [0.4, 0.5) is 0 Å². The average molecular weight is 473 g/mol. The van der Waals surface area contributed by atoms with Crippen LogP contribution in [-0.2, 0) is 12.0 Å². The van der Waals surface area contributed by atoms with E-state index in [-0.39, 0.29) is 30.2 Å². The molecule has 1 aliphatic rings. The van der Waals surface area contributed by atoms with Gasteiger partial charge in [0.25, 0.3) is 0 Å². The Morgan fingerprint density at radius 2 is 2.06 bits per heavy atom. The molecule has 0 bridgehead atoms. The van der Waals surface area contributed by atoms with Crippen LogP contribution in [0.3, 0.4) is 0 Å². The summed E-state index contributed by atoms with van der Waals surface area (Å²) in [6.07, 6.45) is 10.2. The normalized spacial score (nSPS) is 17.9. The van der Waals surface area contributed by atoms with Crippen LogP contribution in [0.5, 0.6) is 11.5 Å². The minimum absolute atomic E-state index is 0. The van der Waals surface area contributed by atoms with Crippen molar-refractivity contribution < 1.29 is 4.74 Å². The first-order chi connectivity index (χ1) is 14.7. The highest BCUT2D eigenvalue weighted by molar-refractivity contribution is 5.85. The SMILES string of the molecule is CCC1(c2cccc(Oc3cc(Cn4ccnc4)ccc3C#N)c2)CCCCNC1.Cl.Cl. The summed E-state index contributed by atoms with van der Waals surface area (Å²) in [5, 5.41) is 13.2.